The summed E-state index contributed by atoms with van der Waals surface area (Å²) in [5.74, 6) is 1.11. The van der Waals surface area contributed by atoms with E-state index < -0.39 is 0 Å². The Kier molecular flexibility index (Phi) is 6.28. The van der Waals surface area contributed by atoms with Crippen molar-refractivity contribution in [2.45, 2.75) is 0 Å². The molecule has 0 spiro atoms. The Morgan fingerprint density at radius 3 is 1.47 bits per heavy atom. The molecule has 0 unspecified atom stereocenters. The van der Waals surface area contributed by atoms with Crippen molar-refractivity contribution in [3.8, 4) is 33.9 Å². The van der Waals surface area contributed by atoms with Gasteiger partial charge in [0.15, 0.2) is 11.6 Å². The Morgan fingerprint density at radius 2 is 0.842 bits per heavy atom. The zero-order valence-corrected chi connectivity index (χ0v) is 22.0. The lowest BCUT2D eigenvalue weighted by atomic mass is 9.93. The maximum atomic E-state index is 6.44. The van der Waals surface area contributed by atoms with E-state index in [0.717, 1.165) is 27.6 Å². The van der Waals surface area contributed by atoms with Gasteiger partial charge in [-0.15, -0.1) is 0 Å². The number of benzene rings is 6. The summed E-state index contributed by atoms with van der Waals surface area (Å²) < 4.78 is 0. The molecule has 7 rings (SSSR count). The van der Waals surface area contributed by atoms with Crippen molar-refractivity contribution in [3.63, 3.8) is 0 Å². The van der Waals surface area contributed by atoms with Crippen LogP contribution in [0.1, 0.15) is 0 Å². The monoisotopic (exact) mass is 527 g/mol. The maximum absolute atomic E-state index is 6.44. The molecule has 0 aliphatic carbocycles. The minimum atomic E-state index is 0. The topological polar surface area (TPSA) is 38.7 Å². The van der Waals surface area contributed by atoms with Gasteiger partial charge in [-0.05, 0) is 67.2 Å². The van der Waals surface area contributed by atoms with E-state index in [4.69, 9.17) is 16.6 Å². The van der Waals surface area contributed by atoms with Gasteiger partial charge in [0.1, 0.15) is 0 Å². The summed E-state index contributed by atoms with van der Waals surface area (Å²) in [6.07, 6.45) is 0. The SMILES string of the molecule is Clc1nc(-c2cccc(-c3ccccc3)c2)nc(-c2ccc3c4ccccc4c4ccccc4c3c2)n1.S. The molecule has 0 saturated heterocycles. The number of aromatic nitrogens is 3. The molecule has 0 atom stereocenters. The summed E-state index contributed by atoms with van der Waals surface area (Å²) in [4.78, 5) is 13.8. The van der Waals surface area contributed by atoms with E-state index in [-0.39, 0.29) is 18.8 Å². The molecule has 5 heteroatoms. The fourth-order valence-corrected chi connectivity index (χ4v) is 5.28. The van der Waals surface area contributed by atoms with Crippen molar-refractivity contribution in [2.24, 2.45) is 0 Å². The van der Waals surface area contributed by atoms with Crippen molar-refractivity contribution in [3.05, 3.63) is 127 Å². The molecule has 0 bridgehead atoms. The van der Waals surface area contributed by atoms with Crippen molar-refractivity contribution >= 4 is 57.4 Å². The lowest BCUT2D eigenvalue weighted by Crippen LogP contribution is -1.97. The van der Waals surface area contributed by atoms with Gasteiger partial charge in [0.25, 0.3) is 0 Å². The lowest BCUT2D eigenvalue weighted by Gasteiger charge is -2.12. The zero-order chi connectivity index (χ0) is 24.8. The summed E-state index contributed by atoms with van der Waals surface area (Å²) >= 11 is 6.44. The van der Waals surface area contributed by atoms with Crippen LogP contribution in [0.15, 0.2) is 121 Å². The number of hydrogen-bond donors (Lipinski definition) is 0. The van der Waals surface area contributed by atoms with Crippen LogP contribution < -0.4 is 0 Å². The first-order valence-electron chi connectivity index (χ1n) is 12.2. The minimum absolute atomic E-state index is 0. The molecule has 0 aliphatic heterocycles. The molecule has 6 aromatic carbocycles. The van der Waals surface area contributed by atoms with Gasteiger partial charge >= 0.3 is 0 Å². The standard InChI is InChI=1S/C33H20ClN3.H2S/c34-33-36-31(23-12-8-11-22(19-23)21-9-2-1-3-10-21)35-32(37-33)24-17-18-29-27-15-5-4-13-25(27)26-14-6-7-16-28(26)30(29)20-24;/h1-20H;1H2. The van der Waals surface area contributed by atoms with Gasteiger partial charge < -0.3 is 0 Å². The predicted octanol–water partition coefficient (Wildman–Crippen LogP) is 9.10. The van der Waals surface area contributed by atoms with Crippen LogP contribution in [0.3, 0.4) is 0 Å². The fourth-order valence-electron chi connectivity index (χ4n) is 5.12. The van der Waals surface area contributed by atoms with Crippen molar-refractivity contribution in [2.75, 3.05) is 0 Å². The normalized spacial score (nSPS) is 11.1. The van der Waals surface area contributed by atoms with Crippen LogP contribution in [0.2, 0.25) is 5.28 Å². The minimum Gasteiger partial charge on any atom is -0.208 e. The van der Waals surface area contributed by atoms with Crippen LogP contribution >= 0.6 is 25.1 Å². The molecule has 1 heterocycles. The molecule has 0 radical (unpaired) electrons. The molecular weight excluding hydrogens is 506 g/mol. The van der Waals surface area contributed by atoms with Crippen LogP contribution in [0.4, 0.5) is 0 Å². The molecule has 0 fully saturated rings. The second-order valence-corrected chi connectivity index (χ2v) is 9.39. The van der Waals surface area contributed by atoms with Gasteiger partial charge in [-0.3, -0.25) is 0 Å². The van der Waals surface area contributed by atoms with E-state index in [0.29, 0.717) is 11.6 Å². The Labute approximate surface area is 232 Å². The summed E-state index contributed by atoms with van der Waals surface area (Å²) in [6.45, 7) is 0. The van der Waals surface area contributed by atoms with E-state index >= 15 is 0 Å². The van der Waals surface area contributed by atoms with E-state index in [2.05, 4.69) is 101 Å². The van der Waals surface area contributed by atoms with Crippen LogP contribution in [0.25, 0.3) is 66.2 Å². The summed E-state index contributed by atoms with van der Waals surface area (Å²) in [5, 5.41) is 7.46. The van der Waals surface area contributed by atoms with Gasteiger partial charge in [0, 0.05) is 11.1 Å². The smallest absolute Gasteiger partial charge is 0.208 e. The average Bonchev–Trinajstić information content (AvgIpc) is 2.97. The predicted molar refractivity (Wildman–Crippen MR) is 164 cm³/mol. The first-order chi connectivity index (χ1) is 18.2. The lowest BCUT2D eigenvalue weighted by molar-refractivity contribution is 1.07. The Hall–Kier alpha value is -4.25. The highest BCUT2D eigenvalue weighted by atomic mass is 35.5. The number of rotatable bonds is 3. The third-order valence-corrected chi connectivity index (χ3v) is 7.01. The molecule has 1 aromatic heterocycles. The second-order valence-electron chi connectivity index (χ2n) is 9.05. The van der Waals surface area contributed by atoms with Crippen LogP contribution in [-0.2, 0) is 0 Å². The van der Waals surface area contributed by atoms with Crippen LogP contribution in [0.5, 0.6) is 0 Å². The highest BCUT2D eigenvalue weighted by Crippen LogP contribution is 2.37. The van der Waals surface area contributed by atoms with Gasteiger partial charge in [0.2, 0.25) is 5.28 Å². The molecule has 182 valence electrons. The highest BCUT2D eigenvalue weighted by Gasteiger charge is 2.13. The summed E-state index contributed by atoms with van der Waals surface area (Å²) in [5.41, 5.74) is 4.03. The third kappa shape index (κ3) is 4.18. The second kappa shape index (κ2) is 9.90. The number of nitrogens with zero attached hydrogens (tertiary/aromatic N) is 3. The number of halogens is 1. The Morgan fingerprint density at radius 1 is 0.368 bits per heavy atom. The number of hydrogen-bond acceptors (Lipinski definition) is 3. The van der Waals surface area contributed by atoms with Gasteiger partial charge in [-0.25, -0.2) is 4.98 Å². The first kappa shape index (κ1) is 24.1. The highest BCUT2D eigenvalue weighted by molar-refractivity contribution is 7.59. The molecule has 38 heavy (non-hydrogen) atoms. The molecule has 0 aliphatic rings. The average molecular weight is 528 g/mol. The van der Waals surface area contributed by atoms with Crippen LogP contribution in [-0.4, -0.2) is 15.0 Å². The molecule has 0 amide bonds. The van der Waals surface area contributed by atoms with Crippen molar-refractivity contribution in [1.29, 1.82) is 0 Å². The zero-order valence-electron chi connectivity index (χ0n) is 20.3. The van der Waals surface area contributed by atoms with Gasteiger partial charge in [-0.1, -0.05) is 109 Å². The first-order valence-corrected chi connectivity index (χ1v) is 12.5. The maximum Gasteiger partial charge on any atom is 0.226 e. The number of fused-ring (bicyclic) bond motifs is 6. The van der Waals surface area contributed by atoms with Crippen molar-refractivity contribution < 1.29 is 0 Å². The largest absolute Gasteiger partial charge is 0.226 e. The van der Waals surface area contributed by atoms with E-state index in [9.17, 15) is 0 Å². The summed E-state index contributed by atoms with van der Waals surface area (Å²) in [7, 11) is 0. The fraction of sp³-hybridized carbons (Fsp3) is 0. The van der Waals surface area contributed by atoms with Gasteiger partial charge in [-0.2, -0.15) is 23.5 Å². The van der Waals surface area contributed by atoms with E-state index in [1.807, 2.05) is 30.3 Å². The van der Waals surface area contributed by atoms with Crippen molar-refractivity contribution in [1.82, 2.24) is 15.0 Å². The van der Waals surface area contributed by atoms with E-state index in [1.54, 1.807) is 0 Å². The third-order valence-electron chi connectivity index (χ3n) is 6.84. The van der Waals surface area contributed by atoms with Gasteiger partial charge in [0.05, 0.1) is 0 Å². The van der Waals surface area contributed by atoms with E-state index in [1.165, 1.54) is 26.9 Å². The summed E-state index contributed by atoms with van der Waals surface area (Å²) in [6, 6.07) is 41.9. The Bertz CT molecular complexity index is 1920. The molecule has 3 nitrogen and oxygen atoms in total. The molecular formula is C33H22ClN3S. The van der Waals surface area contributed by atoms with Crippen LogP contribution in [0, 0.1) is 0 Å². The molecule has 7 aromatic rings. The Balaban J connectivity index is 0.00000264. The molecule has 0 saturated carbocycles. The quantitative estimate of drug-likeness (QED) is 0.215. The molecule has 0 N–H and O–H groups in total.